The minimum absolute atomic E-state index is 0.209. The van der Waals surface area contributed by atoms with E-state index in [2.05, 4.69) is 0 Å². The van der Waals surface area contributed by atoms with E-state index in [4.69, 9.17) is 11.6 Å². The average molecular weight is 259 g/mol. The summed E-state index contributed by atoms with van der Waals surface area (Å²) in [5, 5.41) is 0.677. The van der Waals surface area contributed by atoms with Crippen molar-refractivity contribution in [2.45, 2.75) is 19.8 Å². The van der Waals surface area contributed by atoms with Gasteiger partial charge in [-0.3, -0.25) is 4.79 Å². The zero-order valence-corrected chi connectivity index (χ0v) is 11.1. The summed E-state index contributed by atoms with van der Waals surface area (Å²) >= 11 is 5.89. The van der Waals surface area contributed by atoms with Gasteiger partial charge in [0.05, 0.1) is 0 Å². The Morgan fingerprint density at radius 3 is 2.33 bits per heavy atom. The van der Waals surface area contributed by atoms with Crippen LogP contribution in [0.5, 0.6) is 0 Å². The van der Waals surface area contributed by atoms with Gasteiger partial charge in [-0.05, 0) is 30.2 Å². The van der Waals surface area contributed by atoms with Gasteiger partial charge in [0.25, 0.3) is 0 Å². The molecule has 0 amide bonds. The Hall–Kier alpha value is -1.60. The number of carbonyl (C=O) groups is 1. The van der Waals surface area contributed by atoms with Crippen LogP contribution < -0.4 is 0 Å². The van der Waals surface area contributed by atoms with E-state index < -0.39 is 0 Å². The summed E-state index contributed by atoms with van der Waals surface area (Å²) in [6.07, 6.45) is 0.918. The number of carbonyl (C=O) groups excluding carboxylic acids is 1. The molecule has 2 rings (SSSR count). The Morgan fingerprint density at radius 2 is 1.67 bits per heavy atom. The molecule has 0 radical (unpaired) electrons. The summed E-state index contributed by atoms with van der Waals surface area (Å²) in [5.74, 6) is 0.209. The van der Waals surface area contributed by atoms with Gasteiger partial charge in [0.1, 0.15) is 5.78 Å². The van der Waals surface area contributed by atoms with Gasteiger partial charge in [0, 0.05) is 17.9 Å². The Balaban J connectivity index is 1.98. The second kappa shape index (κ2) is 5.83. The zero-order chi connectivity index (χ0) is 13.0. The van der Waals surface area contributed by atoms with E-state index in [0.717, 1.165) is 11.1 Å². The fraction of sp³-hybridized carbons (Fsp3) is 0.188. The maximum Gasteiger partial charge on any atom is 0.141 e. The van der Waals surface area contributed by atoms with Gasteiger partial charge >= 0.3 is 0 Å². The first kappa shape index (κ1) is 12.8. The van der Waals surface area contributed by atoms with Crippen LogP contribution in [-0.4, -0.2) is 5.78 Å². The number of halogens is 1. The topological polar surface area (TPSA) is 17.1 Å². The van der Waals surface area contributed by atoms with Crippen molar-refractivity contribution in [3.05, 3.63) is 70.2 Å². The van der Waals surface area contributed by atoms with E-state index in [0.29, 0.717) is 17.9 Å². The highest BCUT2D eigenvalue weighted by Crippen LogP contribution is 2.12. The molecule has 0 atom stereocenters. The number of rotatable bonds is 4. The van der Waals surface area contributed by atoms with Crippen molar-refractivity contribution >= 4 is 17.4 Å². The monoisotopic (exact) mass is 258 g/mol. The minimum atomic E-state index is 0.209. The van der Waals surface area contributed by atoms with Gasteiger partial charge in [0.15, 0.2) is 0 Å². The molecule has 0 bridgehead atoms. The molecule has 0 spiro atoms. The smallest absolute Gasteiger partial charge is 0.141 e. The Kier molecular flexibility index (Phi) is 4.16. The molecule has 0 unspecified atom stereocenters. The van der Waals surface area contributed by atoms with Gasteiger partial charge in [-0.1, -0.05) is 53.6 Å². The first-order valence-corrected chi connectivity index (χ1v) is 6.33. The summed E-state index contributed by atoms with van der Waals surface area (Å²) in [6.45, 7) is 2.04. The van der Waals surface area contributed by atoms with Crippen molar-refractivity contribution in [3.63, 3.8) is 0 Å². The fourth-order valence-electron chi connectivity index (χ4n) is 1.87. The summed E-state index contributed by atoms with van der Waals surface area (Å²) in [6, 6.07) is 15.5. The molecule has 0 saturated heterocycles. The van der Waals surface area contributed by atoms with Gasteiger partial charge < -0.3 is 0 Å². The van der Waals surface area contributed by atoms with Gasteiger partial charge in [-0.15, -0.1) is 0 Å². The molecule has 2 aromatic carbocycles. The largest absolute Gasteiger partial charge is 0.299 e. The summed E-state index contributed by atoms with van der Waals surface area (Å²) < 4.78 is 0. The predicted molar refractivity (Wildman–Crippen MR) is 75.0 cm³/mol. The van der Waals surface area contributed by atoms with Crippen LogP contribution in [-0.2, 0) is 17.6 Å². The Morgan fingerprint density at radius 1 is 1.00 bits per heavy atom. The Labute approximate surface area is 112 Å². The van der Waals surface area contributed by atoms with Crippen LogP contribution in [0.2, 0.25) is 5.02 Å². The van der Waals surface area contributed by atoms with Gasteiger partial charge in [0.2, 0.25) is 0 Å². The molecule has 0 saturated carbocycles. The number of ketones is 1. The first-order valence-electron chi connectivity index (χ1n) is 5.95. The van der Waals surface area contributed by atoms with E-state index in [1.54, 1.807) is 0 Å². The lowest BCUT2D eigenvalue weighted by atomic mass is 10.0. The van der Waals surface area contributed by atoms with Crippen LogP contribution in [0.3, 0.4) is 0 Å². The van der Waals surface area contributed by atoms with E-state index in [1.807, 2.05) is 55.5 Å². The quantitative estimate of drug-likeness (QED) is 0.810. The highest BCUT2D eigenvalue weighted by Gasteiger charge is 2.05. The molecule has 0 aliphatic heterocycles. The number of aryl methyl sites for hydroxylation is 1. The van der Waals surface area contributed by atoms with Crippen LogP contribution in [0, 0.1) is 6.92 Å². The third-order valence-corrected chi connectivity index (χ3v) is 3.05. The molecule has 0 aliphatic carbocycles. The fourth-order valence-corrected chi connectivity index (χ4v) is 2.08. The van der Waals surface area contributed by atoms with Crippen molar-refractivity contribution in [3.8, 4) is 0 Å². The second-order valence-electron chi connectivity index (χ2n) is 4.51. The Bertz CT molecular complexity index is 543. The summed E-state index contributed by atoms with van der Waals surface area (Å²) in [7, 11) is 0. The molecular formula is C16H15ClO. The van der Waals surface area contributed by atoms with Crippen molar-refractivity contribution in [1.82, 2.24) is 0 Å². The molecule has 1 nitrogen and oxygen atoms in total. The third-order valence-electron chi connectivity index (χ3n) is 2.81. The predicted octanol–water partition coefficient (Wildman–Crippen LogP) is 4.00. The van der Waals surface area contributed by atoms with Crippen LogP contribution in [0.15, 0.2) is 48.5 Å². The number of hydrogen-bond acceptors (Lipinski definition) is 1. The van der Waals surface area contributed by atoms with E-state index in [1.165, 1.54) is 5.56 Å². The molecule has 0 aromatic heterocycles. The number of Topliss-reactive ketones (excluding diaryl/α,β-unsaturated/α-hetero) is 1. The van der Waals surface area contributed by atoms with Crippen molar-refractivity contribution in [2.75, 3.05) is 0 Å². The zero-order valence-electron chi connectivity index (χ0n) is 10.3. The third kappa shape index (κ3) is 3.71. The molecule has 2 aromatic rings. The summed E-state index contributed by atoms with van der Waals surface area (Å²) in [5.41, 5.74) is 3.24. The molecule has 0 fully saturated rings. The van der Waals surface area contributed by atoms with Crippen LogP contribution in [0.4, 0.5) is 0 Å². The van der Waals surface area contributed by atoms with Crippen molar-refractivity contribution in [1.29, 1.82) is 0 Å². The van der Waals surface area contributed by atoms with Crippen molar-refractivity contribution < 1.29 is 4.79 Å². The number of hydrogen-bond donors (Lipinski definition) is 0. The van der Waals surface area contributed by atoms with Crippen LogP contribution >= 0.6 is 11.6 Å². The number of benzene rings is 2. The normalized spacial score (nSPS) is 10.3. The molecule has 18 heavy (non-hydrogen) atoms. The lowest BCUT2D eigenvalue weighted by Crippen LogP contribution is -2.06. The molecule has 2 heteroatoms. The average Bonchev–Trinajstić information content (AvgIpc) is 2.32. The van der Waals surface area contributed by atoms with Gasteiger partial charge in [-0.2, -0.15) is 0 Å². The molecule has 92 valence electrons. The first-order chi connectivity index (χ1) is 8.63. The molecule has 0 N–H and O–H groups in total. The standard InChI is InChI=1S/C16H15ClO/c1-12-5-7-13(8-6-12)10-16(18)11-14-3-2-4-15(17)9-14/h2-9H,10-11H2,1H3. The lowest BCUT2D eigenvalue weighted by molar-refractivity contribution is -0.117. The molecule has 0 aliphatic rings. The second-order valence-corrected chi connectivity index (χ2v) is 4.94. The maximum atomic E-state index is 11.9. The summed E-state index contributed by atoms with van der Waals surface area (Å²) in [4.78, 5) is 11.9. The highest BCUT2D eigenvalue weighted by molar-refractivity contribution is 6.30. The lowest BCUT2D eigenvalue weighted by Gasteiger charge is -2.03. The van der Waals surface area contributed by atoms with E-state index in [-0.39, 0.29) is 5.78 Å². The SMILES string of the molecule is Cc1ccc(CC(=O)Cc2cccc(Cl)c2)cc1. The van der Waals surface area contributed by atoms with Crippen LogP contribution in [0.25, 0.3) is 0 Å². The van der Waals surface area contributed by atoms with E-state index in [9.17, 15) is 4.79 Å². The van der Waals surface area contributed by atoms with Crippen molar-refractivity contribution in [2.24, 2.45) is 0 Å². The van der Waals surface area contributed by atoms with Gasteiger partial charge in [-0.25, -0.2) is 0 Å². The minimum Gasteiger partial charge on any atom is -0.299 e. The maximum absolute atomic E-state index is 11.9. The van der Waals surface area contributed by atoms with Crippen LogP contribution in [0.1, 0.15) is 16.7 Å². The highest BCUT2D eigenvalue weighted by atomic mass is 35.5. The van der Waals surface area contributed by atoms with E-state index >= 15 is 0 Å². The molecule has 0 heterocycles. The molecular weight excluding hydrogens is 244 g/mol.